The Balaban J connectivity index is 1.13. The topological polar surface area (TPSA) is 102 Å². The van der Waals surface area contributed by atoms with Crippen LogP contribution < -0.4 is 14.9 Å². The molecule has 0 saturated carbocycles. The van der Waals surface area contributed by atoms with Gasteiger partial charge in [-0.05, 0) is 55.3 Å². The minimum Gasteiger partial charge on any atom is -0.493 e. The number of nitrogens with one attached hydrogen (secondary N) is 1. The Morgan fingerprint density at radius 2 is 1.95 bits per heavy atom. The summed E-state index contributed by atoms with van der Waals surface area (Å²) in [4.78, 5) is 46.5. The number of fused-ring (bicyclic) bond motifs is 3. The summed E-state index contributed by atoms with van der Waals surface area (Å²) in [5.41, 5.74) is 3.28. The Morgan fingerprint density at radius 3 is 2.76 bits per heavy atom. The number of nitrogens with zero attached hydrogens (tertiary/aromatic N) is 3. The van der Waals surface area contributed by atoms with Gasteiger partial charge in [0.1, 0.15) is 5.01 Å². The van der Waals surface area contributed by atoms with Crippen molar-refractivity contribution >= 4 is 51.1 Å². The molecule has 3 aromatic carbocycles. The lowest BCUT2D eigenvalue weighted by molar-refractivity contribution is -0.138. The Kier molecular flexibility index (Phi) is 5.93. The van der Waals surface area contributed by atoms with Crippen molar-refractivity contribution in [1.29, 1.82) is 0 Å². The molecule has 1 N–H and O–H groups in total. The van der Waals surface area contributed by atoms with Crippen molar-refractivity contribution in [3.63, 3.8) is 0 Å². The van der Waals surface area contributed by atoms with E-state index in [-0.39, 0.29) is 23.4 Å². The van der Waals surface area contributed by atoms with E-state index in [0.717, 1.165) is 33.6 Å². The molecule has 3 heterocycles. The zero-order valence-corrected chi connectivity index (χ0v) is 20.7. The van der Waals surface area contributed by atoms with E-state index in [4.69, 9.17) is 14.5 Å². The molecule has 1 unspecified atom stereocenters. The van der Waals surface area contributed by atoms with E-state index < -0.39 is 6.09 Å². The van der Waals surface area contributed by atoms with E-state index >= 15 is 0 Å². The Labute approximate surface area is 216 Å². The molecule has 186 valence electrons. The number of rotatable bonds is 5. The molecule has 1 aromatic heterocycles. The second-order valence-corrected chi connectivity index (χ2v) is 9.68. The first-order chi connectivity index (χ1) is 18.1. The fourth-order valence-corrected chi connectivity index (χ4v) is 5.46. The van der Waals surface area contributed by atoms with Gasteiger partial charge < -0.3 is 9.64 Å². The van der Waals surface area contributed by atoms with Gasteiger partial charge in [-0.15, -0.1) is 11.3 Å². The van der Waals surface area contributed by atoms with E-state index in [1.54, 1.807) is 40.7 Å². The number of para-hydroxylation sites is 1. The average Bonchev–Trinajstić information content (AvgIpc) is 3.55. The van der Waals surface area contributed by atoms with Crippen LogP contribution >= 0.6 is 11.3 Å². The normalized spacial score (nSPS) is 16.2. The number of thiazole rings is 1. The zero-order chi connectivity index (χ0) is 25.4. The number of carbonyl (C=O) groups excluding carboxylic acids is 2. The molecule has 2 aliphatic heterocycles. The first kappa shape index (κ1) is 23.0. The highest BCUT2D eigenvalue weighted by Crippen LogP contribution is 2.38. The van der Waals surface area contributed by atoms with Gasteiger partial charge >= 0.3 is 6.09 Å². The molecule has 0 bridgehead atoms. The lowest BCUT2D eigenvalue weighted by Crippen LogP contribution is -2.35. The summed E-state index contributed by atoms with van der Waals surface area (Å²) in [5, 5.41) is 3.53. The minimum atomic E-state index is -0.815. The second kappa shape index (κ2) is 9.55. The number of hydrogen-bond acceptors (Lipinski definition) is 8. The van der Waals surface area contributed by atoms with Crippen molar-refractivity contribution in [2.75, 3.05) is 19.0 Å². The van der Waals surface area contributed by atoms with Gasteiger partial charge in [0.15, 0.2) is 5.75 Å². The number of anilines is 1. The summed E-state index contributed by atoms with van der Waals surface area (Å²) in [7, 11) is 1.45. The summed E-state index contributed by atoms with van der Waals surface area (Å²) in [5.74, 6) is 0.287. The highest BCUT2D eigenvalue weighted by atomic mass is 32.1. The number of aliphatic imine (C=N–C) groups is 1. The number of hydrogen-bond donors (Lipinski definition) is 1. The molecule has 6 rings (SSSR count). The molecule has 37 heavy (non-hydrogen) atoms. The third kappa shape index (κ3) is 4.47. The van der Waals surface area contributed by atoms with E-state index in [0.29, 0.717) is 23.5 Å². The highest BCUT2D eigenvalue weighted by Gasteiger charge is 2.32. The molecule has 0 spiro atoms. The van der Waals surface area contributed by atoms with E-state index in [1.165, 1.54) is 13.2 Å². The van der Waals surface area contributed by atoms with Crippen LogP contribution in [-0.4, -0.2) is 47.8 Å². The van der Waals surface area contributed by atoms with Crippen LogP contribution in [0.2, 0.25) is 0 Å². The van der Waals surface area contributed by atoms with Crippen molar-refractivity contribution in [1.82, 2.24) is 9.88 Å². The van der Waals surface area contributed by atoms with Crippen molar-refractivity contribution in [3.8, 4) is 22.1 Å². The van der Waals surface area contributed by atoms with E-state index in [9.17, 15) is 9.59 Å². The average molecular weight is 515 g/mol. The van der Waals surface area contributed by atoms with Gasteiger partial charge in [0.2, 0.25) is 5.75 Å². The van der Waals surface area contributed by atoms with Gasteiger partial charge in [0.05, 0.1) is 34.6 Å². The number of benzene rings is 3. The monoisotopic (exact) mass is 514 g/mol. The number of amides is 2. The molecular formula is C27H22N4O5S. The van der Waals surface area contributed by atoms with E-state index in [2.05, 4.69) is 15.3 Å². The predicted molar refractivity (Wildman–Crippen MR) is 141 cm³/mol. The van der Waals surface area contributed by atoms with Gasteiger partial charge in [0, 0.05) is 30.1 Å². The third-order valence-electron chi connectivity index (χ3n) is 6.34. The van der Waals surface area contributed by atoms with Gasteiger partial charge in [-0.2, -0.15) is 0 Å². The molecule has 2 amide bonds. The van der Waals surface area contributed by atoms with Crippen molar-refractivity contribution < 1.29 is 24.1 Å². The molecule has 10 heteroatoms. The molecule has 1 fully saturated rings. The maximum atomic E-state index is 13.0. The third-order valence-corrected chi connectivity index (χ3v) is 7.42. The van der Waals surface area contributed by atoms with Crippen LogP contribution in [0.4, 0.5) is 16.2 Å². The molecule has 9 nitrogen and oxygen atoms in total. The summed E-state index contributed by atoms with van der Waals surface area (Å²) >= 11 is 1.61. The van der Waals surface area contributed by atoms with Crippen LogP contribution in [0.25, 0.3) is 20.8 Å². The summed E-state index contributed by atoms with van der Waals surface area (Å²) in [6, 6.07) is 18.3. The highest BCUT2D eigenvalue weighted by molar-refractivity contribution is 7.21. The van der Waals surface area contributed by atoms with Gasteiger partial charge in [-0.1, -0.05) is 12.1 Å². The van der Waals surface area contributed by atoms with Crippen molar-refractivity contribution in [2.45, 2.75) is 18.9 Å². The predicted octanol–water partition coefficient (Wildman–Crippen LogP) is 5.83. The summed E-state index contributed by atoms with van der Waals surface area (Å²) < 4.78 is 6.49. The molecule has 1 saturated heterocycles. The molecule has 0 radical (unpaired) electrons. The summed E-state index contributed by atoms with van der Waals surface area (Å²) in [6.45, 7) is 0.695. The van der Waals surface area contributed by atoms with Crippen molar-refractivity contribution in [3.05, 3.63) is 66.2 Å². The van der Waals surface area contributed by atoms with Crippen LogP contribution in [0, 0.1) is 0 Å². The van der Waals surface area contributed by atoms with Crippen LogP contribution in [0.3, 0.4) is 0 Å². The molecular weight excluding hydrogens is 492 g/mol. The number of carbonyl (C=O) groups is 2. The van der Waals surface area contributed by atoms with Gasteiger partial charge in [-0.3, -0.25) is 20.0 Å². The molecule has 4 aromatic rings. The zero-order valence-electron chi connectivity index (χ0n) is 19.8. The number of ether oxygens (including phenoxy) is 1. The Hall–Kier alpha value is -4.44. The quantitative estimate of drug-likeness (QED) is 0.265. The number of aromatic nitrogens is 1. The minimum absolute atomic E-state index is 0.0154. The smallest absolute Gasteiger partial charge is 0.454 e. The fourth-order valence-electron chi connectivity index (χ4n) is 4.49. The maximum absolute atomic E-state index is 13.0. The Bertz CT molecular complexity index is 1500. The van der Waals surface area contributed by atoms with Crippen LogP contribution in [-0.2, 0) is 4.89 Å². The van der Waals surface area contributed by atoms with Gasteiger partial charge in [0.25, 0.3) is 5.91 Å². The molecule has 1 atom stereocenters. The van der Waals surface area contributed by atoms with Crippen LogP contribution in [0.1, 0.15) is 23.2 Å². The SMILES string of the molecule is COc1cc2c(cc1OOC(=O)Nc1ccc(-c3nc4ccccc4s3)cc1)N=CC1CCCN1C2=O. The largest absolute Gasteiger partial charge is 0.493 e. The number of methoxy groups -OCH3 is 1. The van der Waals surface area contributed by atoms with E-state index in [1.807, 2.05) is 36.4 Å². The maximum Gasteiger partial charge on any atom is 0.454 e. The summed E-state index contributed by atoms with van der Waals surface area (Å²) in [6.07, 6.45) is 2.79. The first-order valence-corrected chi connectivity index (χ1v) is 12.6. The first-order valence-electron chi connectivity index (χ1n) is 11.8. The molecule has 2 aliphatic rings. The van der Waals surface area contributed by atoms with Crippen LogP contribution in [0.5, 0.6) is 11.5 Å². The lowest BCUT2D eigenvalue weighted by atomic mass is 10.1. The second-order valence-electron chi connectivity index (χ2n) is 8.65. The standard InChI is InChI=1S/C27H22N4O5S/c1-34-22-13-19-21(28-15-18-5-4-12-31(18)26(19)32)14-23(22)35-36-27(33)29-17-10-8-16(9-11-17)25-30-20-6-2-3-7-24(20)37-25/h2-3,6-11,13-15,18H,4-5,12H2,1H3,(H,29,33). The lowest BCUT2D eigenvalue weighted by Gasteiger charge is -2.20. The van der Waals surface area contributed by atoms with Crippen LogP contribution in [0.15, 0.2) is 65.7 Å². The van der Waals surface area contributed by atoms with Crippen molar-refractivity contribution in [2.24, 2.45) is 4.99 Å². The van der Waals surface area contributed by atoms with Gasteiger partial charge in [-0.25, -0.2) is 14.7 Å². The fraction of sp³-hybridized carbons (Fsp3) is 0.185. The Morgan fingerprint density at radius 1 is 1.11 bits per heavy atom. The molecule has 0 aliphatic carbocycles.